The van der Waals surface area contributed by atoms with Gasteiger partial charge in [-0.1, -0.05) is 43.1 Å². The third kappa shape index (κ3) is 7.83. The van der Waals surface area contributed by atoms with Gasteiger partial charge in [-0.25, -0.2) is 4.98 Å². The standard InChI is InChI=1S/C26H33Cl2N7O3/c1-26(2,16-33(3)4)15-31-25(36)20-14-34(13-19(20)18-7-6-17(27)12-21(18)28)11-5-10-30-23-9-8-22(35(37)38)24(29)32-23/h6-9,12-14H,5,10-11,15-16H2,1-4H3,(H,31,36)(H3,29,30,32). The lowest BCUT2D eigenvalue weighted by atomic mass is 9.92. The lowest BCUT2D eigenvalue weighted by molar-refractivity contribution is -0.384. The highest BCUT2D eigenvalue weighted by Gasteiger charge is 2.23. The third-order valence-corrected chi connectivity index (χ3v) is 6.36. The molecule has 10 nitrogen and oxygen atoms in total. The van der Waals surface area contributed by atoms with Crippen LogP contribution in [0, 0.1) is 15.5 Å². The van der Waals surface area contributed by atoms with Crippen molar-refractivity contribution in [3.05, 3.63) is 68.4 Å². The Kier molecular flexibility index (Phi) is 9.59. The minimum Gasteiger partial charge on any atom is -0.378 e. The van der Waals surface area contributed by atoms with E-state index in [4.69, 9.17) is 28.9 Å². The predicted octanol–water partition coefficient (Wildman–Crippen LogP) is 5.17. The Labute approximate surface area is 232 Å². The zero-order valence-corrected chi connectivity index (χ0v) is 23.4. The zero-order chi connectivity index (χ0) is 28.0. The number of nitrogens with zero attached hydrogens (tertiary/aromatic N) is 4. The zero-order valence-electron chi connectivity index (χ0n) is 21.9. The van der Waals surface area contributed by atoms with Gasteiger partial charge in [-0.05, 0) is 44.1 Å². The average Bonchev–Trinajstić information content (AvgIpc) is 3.23. The van der Waals surface area contributed by atoms with E-state index in [-0.39, 0.29) is 22.8 Å². The summed E-state index contributed by atoms with van der Waals surface area (Å²) in [6.45, 7) is 6.70. The molecule has 0 aliphatic carbocycles. The van der Waals surface area contributed by atoms with Gasteiger partial charge >= 0.3 is 5.69 Å². The maximum atomic E-state index is 13.3. The van der Waals surface area contributed by atoms with Gasteiger partial charge in [0.05, 0.1) is 10.5 Å². The van der Waals surface area contributed by atoms with E-state index < -0.39 is 4.92 Å². The van der Waals surface area contributed by atoms with Gasteiger partial charge < -0.3 is 25.8 Å². The molecule has 0 atom stereocenters. The van der Waals surface area contributed by atoms with Crippen LogP contribution in [-0.4, -0.2) is 59.0 Å². The summed E-state index contributed by atoms with van der Waals surface area (Å²) < 4.78 is 1.94. The molecule has 2 heterocycles. The van der Waals surface area contributed by atoms with Crippen LogP contribution in [-0.2, 0) is 6.54 Å². The Bertz CT molecular complexity index is 1310. The first kappa shape index (κ1) is 29.2. The van der Waals surface area contributed by atoms with Crippen molar-refractivity contribution in [1.29, 1.82) is 0 Å². The van der Waals surface area contributed by atoms with Crippen LogP contribution in [0.1, 0.15) is 30.6 Å². The number of hydrogen-bond acceptors (Lipinski definition) is 7. The molecule has 0 spiro atoms. The number of nitrogens with two attached hydrogens (primary N) is 1. The monoisotopic (exact) mass is 561 g/mol. The van der Waals surface area contributed by atoms with Gasteiger partial charge in [0.15, 0.2) is 0 Å². The summed E-state index contributed by atoms with van der Waals surface area (Å²) in [5.74, 6) is 0.134. The van der Waals surface area contributed by atoms with Gasteiger partial charge in [0, 0.05) is 65.8 Å². The second kappa shape index (κ2) is 12.5. The Morgan fingerprint density at radius 3 is 2.55 bits per heavy atom. The molecule has 0 saturated heterocycles. The quantitative estimate of drug-likeness (QED) is 0.158. The fraction of sp³-hybridized carbons (Fsp3) is 0.385. The molecular formula is C26H33Cl2N7O3. The topological polar surface area (TPSA) is 131 Å². The van der Waals surface area contributed by atoms with Crippen LogP contribution < -0.4 is 16.4 Å². The number of aryl methyl sites for hydroxylation is 1. The highest BCUT2D eigenvalue weighted by atomic mass is 35.5. The summed E-state index contributed by atoms with van der Waals surface area (Å²) >= 11 is 12.6. The van der Waals surface area contributed by atoms with E-state index in [2.05, 4.69) is 34.4 Å². The van der Waals surface area contributed by atoms with Crippen LogP contribution >= 0.6 is 23.2 Å². The number of benzene rings is 1. The molecular weight excluding hydrogens is 529 g/mol. The van der Waals surface area contributed by atoms with E-state index in [1.54, 1.807) is 12.1 Å². The van der Waals surface area contributed by atoms with E-state index in [0.717, 1.165) is 12.1 Å². The molecule has 0 saturated carbocycles. The fourth-order valence-electron chi connectivity index (χ4n) is 4.27. The molecule has 1 aromatic carbocycles. The second-order valence-electron chi connectivity index (χ2n) is 10.2. The Morgan fingerprint density at radius 2 is 1.92 bits per heavy atom. The summed E-state index contributed by atoms with van der Waals surface area (Å²) in [7, 11) is 4.01. The van der Waals surface area contributed by atoms with Crippen LogP contribution in [0.3, 0.4) is 0 Å². The van der Waals surface area contributed by atoms with E-state index in [9.17, 15) is 14.9 Å². The van der Waals surface area contributed by atoms with Crippen LogP contribution in [0.25, 0.3) is 11.1 Å². The summed E-state index contributed by atoms with van der Waals surface area (Å²) in [4.78, 5) is 29.8. The predicted molar refractivity (Wildman–Crippen MR) is 153 cm³/mol. The van der Waals surface area contributed by atoms with Crippen molar-refractivity contribution in [3.8, 4) is 11.1 Å². The second-order valence-corrected chi connectivity index (χ2v) is 11.0. The maximum absolute atomic E-state index is 13.3. The number of carbonyl (C=O) groups is 1. The number of halogens is 2. The van der Waals surface area contributed by atoms with Gasteiger partial charge in [0.1, 0.15) is 5.82 Å². The number of nitrogens with one attached hydrogen (secondary N) is 2. The smallest absolute Gasteiger partial charge is 0.311 e. The van der Waals surface area contributed by atoms with Crippen LogP contribution in [0.2, 0.25) is 10.0 Å². The Hall–Kier alpha value is -3.34. The van der Waals surface area contributed by atoms with Crippen molar-refractivity contribution >= 4 is 46.4 Å². The first-order chi connectivity index (χ1) is 17.9. The van der Waals surface area contributed by atoms with Gasteiger partial charge in [0.2, 0.25) is 5.82 Å². The molecule has 0 aliphatic heterocycles. The summed E-state index contributed by atoms with van der Waals surface area (Å²) in [6.07, 6.45) is 4.41. The number of rotatable bonds is 12. The first-order valence-corrected chi connectivity index (χ1v) is 12.8. The molecule has 3 aromatic rings. The first-order valence-electron chi connectivity index (χ1n) is 12.1. The highest BCUT2D eigenvalue weighted by molar-refractivity contribution is 6.36. The van der Waals surface area contributed by atoms with Crippen molar-refractivity contribution in [2.45, 2.75) is 26.8 Å². The van der Waals surface area contributed by atoms with Gasteiger partial charge in [-0.15, -0.1) is 0 Å². The van der Waals surface area contributed by atoms with Crippen molar-refractivity contribution in [3.63, 3.8) is 0 Å². The lowest BCUT2D eigenvalue weighted by Gasteiger charge is -2.28. The van der Waals surface area contributed by atoms with E-state index in [1.807, 2.05) is 37.1 Å². The van der Waals surface area contributed by atoms with E-state index in [0.29, 0.717) is 53.0 Å². The van der Waals surface area contributed by atoms with Crippen LogP contribution in [0.5, 0.6) is 0 Å². The number of aromatic nitrogens is 2. The van der Waals surface area contributed by atoms with Gasteiger partial charge in [-0.2, -0.15) is 0 Å². The van der Waals surface area contributed by atoms with Crippen molar-refractivity contribution < 1.29 is 9.72 Å². The number of anilines is 2. The number of nitro groups is 1. The van der Waals surface area contributed by atoms with Gasteiger partial charge in [-0.3, -0.25) is 14.9 Å². The van der Waals surface area contributed by atoms with Crippen LogP contribution in [0.4, 0.5) is 17.3 Å². The largest absolute Gasteiger partial charge is 0.378 e. The summed E-state index contributed by atoms with van der Waals surface area (Å²) in [6, 6.07) is 8.05. The molecule has 12 heteroatoms. The average molecular weight is 563 g/mol. The van der Waals surface area contributed by atoms with Crippen LogP contribution in [0.15, 0.2) is 42.7 Å². The number of carbonyl (C=O) groups excluding carboxylic acids is 1. The molecule has 3 rings (SSSR count). The molecule has 2 aromatic heterocycles. The number of hydrogen-bond donors (Lipinski definition) is 3. The summed E-state index contributed by atoms with van der Waals surface area (Å²) in [5.41, 5.74) is 7.28. The molecule has 1 amide bonds. The molecule has 0 radical (unpaired) electrons. The lowest BCUT2D eigenvalue weighted by Crippen LogP contribution is -2.40. The molecule has 0 fully saturated rings. The Morgan fingerprint density at radius 1 is 1.18 bits per heavy atom. The van der Waals surface area contributed by atoms with E-state index >= 15 is 0 Å². The molecule has 0 aliphatic rings. The Balaban J connectivity index is 1.73. The SMILES string of the molecule is CN(C)CC(C)(C)CNC(=O)c1cn(CCCNc2ccc([N+](=O)[O-])c(N)n2)cc1-c1ccc(Cl)cc1Cl. The summed E-state index contributed by atoms with van der Waals surface area (Å²) in [5, 5.41) is 18.1. The molecule has 4 N–H and O–H groups in total. The maximum Gasteiger partial charge on any atom is 0.311 e. The molecule has 0 unspecified atom stereocenters. The van der Waals surface area contributed by atoms with Crippen molar-refractivity contribution in [1.82, 2.24) is 19.8 Å². The van der Waals surface area contributed by atoms with Crippen molar-refractivity contribution in [2.75, 3.05) is 44.8 Å². The molecule has 0 bridgehead atoms. The van der Waals surface area contributed by atoms with Gasteiger partial charge in [0.25, 0.3) is 5.91 Å². The van der Waals surface area contributed by atoms with Crippen molar-refractivity contribution in [2.24, 2.45) is 5.41 Å². The van der Waals surface area contributed by atoms with E-state index in [1.165, 1.54) is 12.1 Å². The highest BCUT2D eigenvalue weighted by Crippen LogP contribution is 2.33. The fourth-order valence-corrected chi connectivity index (χ4v) is 4.78. The number of amides is 1. The minimum absolute atomic E-state index is 0.110. The number of pyridine rings is 1. The third-order valence-electron chi connectivity index (χ3n) is 5.82. The normalized spacial score (nSPS) is 11.6. The molecule has 38 heavy (non-hydrogen) atoms. The molecule has 204 valence electrons. The minimum atomic E-state index is -0.570. The number of nitrogen functional groups attached to an aromatic ring is 1.